The number of hydrogen-bond donors (Lipinski definition) is 3. The fraction of sp³-hybridized carbons (Fsp3) is 0.250. The topological polar surface area (TPSA) is 88.0 Å². The van der Waals surface area contributed by atoms with Crippen molar-refractivity contribution < 1.29 is 9.59 Å². The first-order valence-electron chi connectivity index (χ1n) is 8.89. The summed E-state index contributed by atoms with van der Waals surface area (Å²) >= 11 is 0. The summed E-state index contributed by atoms with van der Waals surface area (Å²) in [5, 5.41) is 8.39. The Morgan fingerprint density at radius 2 is 1.67 bits per heavy atom. The van der Waals surface area contributed by atoms with Crippen LogP contribution in [-0.4, -0.2) is 27.5 Å². The lowest BCUT2D eigenvalue weighted by atomic mass is 10.2. The van der Waals surface area contributed by atoms with Gasteiger partial charge in [-0.3, -0.25) is 4.79 Å². The number of nitrogens with zero attached hydrogens (tertiary/aromatic N) is 2. The minimum absolute atomic E-state index is 0.0248. The summed E-state index contributed by atoms with van der Waals surface area (Å²) in [6, 6.07) is 14.6. The SMILES string of the molecule is CC(C)NC(=O)Nc1ccccc1NC(=O)CCn1cnc2ccccc21. The minimum Gasteiger partial charge on any atom is -0.336 e. The predicted octanol–water partition coefficient (Wildman–Crippen LogP) is 3.60. The number of urea groups is 1. The molecule has 3 rings (SSSR count). The summed E-state index contributed by atoms with van der Waals surface area (Å²) in [7, 11) is 0. The molecule has 0 unspecified atom stereocenters. The fourth-order valence-electron chi connectivity index (χ4n) is 2.74. The van der Waals surface area contributed by atoms with Crippen LogP contribution in [0.5, 0.6) is 0 Å². The number of amides is 3. The highest BCUT2D eigenvalue weighted by molar-refractivity contribution is 5.99. The lowest BCUT2D eigenvalue weighted by Crippen LogP contribution is -2.34. The predicted molar refractivity (Wildman–Crippen MR) is 107 cm³/mol. The van der Waals surface area contributed by atoms with Crippen LogP contribution in [0.1, 0.15) is 20.3 Å². The van der Waals surface area contributed by atoms with Crippen molar-refractivity contribution in [1.29, 1.82) is 0 Å². The monoisotopic (exact) mass is 365 g/mol. The molecular weight excluding hydrogens is 342 g/mol. The maximum absolute atomic E-state index is 12.4. The zero-order chi connectivity index (χ0) is 19.2. The number of fused-ring (bicyclic) bond motifs is 1. The summed E-state index contributed by atoms with van der Waals surface area (Å²) in [6.07, 6.45) is 2.04. The molecule has 1 aromatic heterocycles. The van der Waals surface area contributed by atoms with Crippen molar-refractivity contribution in [2.75, 3.05) is 10.6 Å². The standard InChI is InChI=1S/C20H23N5O2/c1-14(2)22-20(27)24-16-8-4-3-7-15(16)23-19(26)11-12-25-13-21-17-9-5-6-10-18(17)25/h3-10,13-14H,11-12H2,1-2H3,(H,23,26)(H2,22,24,27). The smallest absolute Gasteiger partial charge is 0.319 e. The van der Waals surface area contributed by atoms with Gasteiger partial charge < -0.3 is 20.5 Å². The van der Waals surface area contributed by atoms with Crippen LogP contribution in [0.15, 0.2) is 54.9 Å². The molecule has 1 heterocycles. The van der Waals surface area contributed by atoms with Crippen molar-refractivity contribution in [2.24, 2.45) is 0 Å². The molecule has 3 aromatic rings. The second kappa shape index (κ2) is 8.35. The first-order valence-corrected chi connectivity index (χ1v) is 8.89. The highest BCUT2D eigenvalue weighted by Crippen LogP contribution is 2.21. The van der Waals surface area contributed by atoms with Crippen LogP contribution < -0.4 is 16.0 Å². The van der Waals surface area contributed by atoms with E-state index in [0.717, 1.165) is 11.0 Å². The lowest BCUT2D eigenvalue weighted by Gasteiger charge is -2.14. The molecule has 0 radical (unpaired) electrons. The molecule has 0 atom stereocenters. The second-order valence-corrected chi connectivity index (χ2v) is 6.52. The van der Waals surface area contributed by atoms with Crippen LogP contribution in [0.4, 0.5) is 16.2 Å². The number of para-hydroxylation sites is 4. The van der Waals surface area contributed by atoms with Gasteiger partial charge in [0.1, 0.15) is 0 Å². The summed E-state index contributed by atoms with van der Waals surface area (Å²) in [6.45, 7) is 4.29. The van der Waals surface area contributed by atoms with Gasteiger partial charge in [-0.25, -0.2) is 9.78 Å². The molecule has 140 valence electrons. The Morgan fingerprint density at radius 1 is 1.00 bits per heavy atom. The van der Waals surface area contributed by atoms with Gasteiger partial charge in [0.25, 0.3) is 0 Å². The summed E-state index contributed by atoms with van der Waals surface area (Å²) < 4.78 is 1.95. The van der Waals surface area contributed by atoms with Crippen LogP contribution in [-0.2, 0) is 11.3 Å². The van der Waals surface area contributed by atoms with E-state index in [2.05, 4.69) is 20.9 Å². The zero-order valence-corrected chi connectivity index (χ0v) is 15.4. The third kappa shape index (κ3) is 4.84. The quantitative estimate of drug-likeness (QED) is 0.624. The Balaban J connectivity index is 1.61. The lowest BCUT2D eigenvalue weighted by molar-refractivity contribution is -0.116. The van der Waals surface area contributed by atoms with Gasteiger partial charge in [0.2, 0.25) is 5.91 Å². The number of nitrogens with one attached hydrogen (secondary N) is 3. The molecule has 0 aliphatic rings. The van der Waals surface area contributed by atoms with E-state index >= 15 is 0 Å². The van der Waals surface area contributed by atoms with Crippen LogP contribution >= 0.6 is 0 Å². The first kappa shape index (κ1) is 18.4. The number of rotatable bonds is 6. The van der Waals surface area contributed by atoms with E-state index in [4.69, 9.17) is 0 Å². The fourth-order valence-corrected chi connectivity index (χ4v) is 2.74. The van der Waals surface area contributed by atoms with Gasteiger partial charge in [0.05, 0.1) is 28.7 Å². The average Bonchev–Trinajstić information content (AvgIpc) is 3.04. The molecule has 0 saturated heterocycles. The maximum Gasteiger partial charge on any atom is 0.319 e. The molecule has 0 bridgehead atoms. The highest BCUT2D eigenvalue weighted by atomic mass is 16.2. The summed E-state index contributed by atoms with van der Waals surface area (Å²) in [5.41, 5.74) is 3.02. The highest BCUT2D eigenvalue weighted by Gasteiger charge is 2.10. The Morgan fingerprint density at radius 3 is 2.41 bits per heavy atom. The van der Waals surface area contributed by atoms with Crippen molar-refractivity contribution in [1.82, 2.24) is 14.9 Å². The third-order valence-corrected chi connectivity index (χ3v) is 3.98. The van der Waals surface area contributed by atoms with E-state index in [1.54, 1.807) is 24.5 Å². The van der Waals surface area contributed by atoms with Gasteiger partial charge in [-0.1, -0.05) is 24.3 Å². The Kier molecular flexibility index (Phi) is 5.71. The Hall–Kier alpha value is -3.35. The number of benzene rings is 2. The Bertz CT molecular complexity index is 948. The van der Waals surface area contributed by atoms with Gasteiger partial charge in [0, 0.05) is 19.0 Å². The van der Waals surface area contributed by atoms with E-state index in [9.17, 15) is 9.59 Å². The molecule has 7 nitrogen and oxygen atoms in total. The van der Waals surface area contributed by atoms with Crippen molar-refractivity contribution >= 4 is 34.3 Å². The normalized spacial score (nSPS) is 10.8. The number of hydrogen-bond acceptors (Lipinski definition) is 3. The number of carbonyl (C=O) groups is 2. The number of carbonyl (C=O) groups excluding carboxylic acids is 2. The number of imidazole rings is 1. The molecule has 2 aromatic carbocycles. The van der Waals surface area contributed by atoms with Crippen molar-refractivity contribution in [3.8, 4) is 0 Å². The molecule has 3 amide bonds. The van der Waals surface area contributed by atoms with Crippen LogP contribution in [0.25, 0.3) is 11.0 Å². The number of aromatic nitrogens is 2. The van der Waals surface area contributed by atoms with E-state index in [1.165, 1.54) is 0 Å². The van der Waals surface area contributed by atoms with E-state index in [1.807, 2.05) is 48.7 Å². The largest absolute Gasteiger partial charge is 0.336 e. The zero-order valence-electron chi connectivity index (χ0n) is 15.4. The molecular formula is C20H23N5O2. The maximum atomic E-state index is 12.4. The van der Waals surface area contributed by atoms with E-state index in [-0.39, 0.29) is 18.0 Å². The Labute approximate surface area is 157 Å². The number of aryl methyl sites for hydroxylation is 1. The number of anilines is 2. The first-order chi connectivity index (χ1) is 13.0. The summed E-state index contributed by atoms with van der Waals surface area (Å²) in [5.74, 6) is -0.133. The molecule has 0 saturated carbocycles. The molecule has 3 N–H and O–H groups in total. The van der Waals surface area contributed by atoms with Gasteiger partial charge in [-0.2, -0.15) is 0 Å². The van der Waals surface area contributed by atoms with Crippen molar-refractivity contribution in [2.45, 2.75) is 32.9 Å². The van der Waals surface area contributed by atoms with Crippen LogP contribution in [0, 0.1) is 0 Å². The third-order valence-electron chi connectivity index (χ3n) is 3.98. The molecule has 0 aliphatic heterocycles. The minimum atomic E-state index is -0.309. The van der Waals surface area contributed by atoms with Gasteiger partial charge in [-0.05, 0) is 38.1 Å². The average molecular weight is 365 g/mol. The van der Waals surface area contributed by atoms with E-state index < -0.39 is 0 Å². The van der Waals surface area contributed by atoms with Crippen LogP contribution in [0.3, 0.4) is 0 Å². The van der Waals surface area contributed by atoms with E-state index in [0.29, 0.717) is 24.3 Å². The summed E-state index contributed by atoms with van der Waals surface area (Å²) in [4.78, 5) is 28.6. The molecule has 0 aliphatic carbocycles. The van der Waals surface area contributed by atoms with Crippen molar-refractivity contribution in [3.63, 3.8) is 0 Å². The second-order valence-electron chi connectivity index (χ2n) is 6.52. The molecule has 0 spiro atoms. The van der Waals surface area contributed by atoms with Gasteiger partial charge >= 0.3 is 6.03 Å². The molecule has 7 heteroatoms. The molecule has 27 heavy (non-hydrogen) atoms. The molecule has 0 fully saturated rings. The van der Waals surface area contributed by atoms with Gasteiger partial charge in [0.15, 0.2) is 0 Å². The van der Waals surface area contributed by atoms with Crippen molar-refractivity contribution in [3.05, 3.63) is 54.9 Å². The van der Waals surface area contributed by atoms with Gasteiger partial charge in [-0.15, -0.1) is 0 Å². The van der Waals surface area contributed by atoms with Crippen LogP contribution in [0.2, 0.25) is 0 Å².